The van der Waals surface area contributed by atoms with E-state index < -0.39 is 145 Å². The number of aryl methyl sites for hydroxylation is 1. The number of Topliss-reactive ketones (excluding diaryl/α,β-unsaturated/α-hetero) is 1. The molecule has 0 fully saturated rings. The number of nitrogens with two attached hydrogens (primary N) is 1. The Morgan fingerprint density at radius 3 is 1.67 bits per heavy atom. The molecule has 22 heteroatoms. The summed E-state index contributed by atoms with van der Waals surface area (Å²) < 4.78 is 0. The summed E-state index contributed by atoms with van der Waals surface area (Å²) in [5, 5.41) is 51.7. The average molecular weight is 864 g/mol. The van der Waals surface area contributed by atoms with Gasteiger partial charge in [-0.3, -0.25) is 52.7 Å². The van der Waals surface area contributed by atoms with Crippen molar-refractivity contribution in [3.05, 3.63) is 35.4 Å². The molecule has 338 valence electrons. The molecular formula is C39H57N7O15. The number of benzene rings is 1. The molecule has 1 aromatic carbocycles. The highest BCUT2D eigenvalue weighted by molar-refractivity contribution is 6.37. The van der Waals surface area contributed by atoms with Crippen molar-refractivity contribution in [2.24, 2.45) is 11.1 Å². The van der Waals surface area contributed by atoms with Gasteiger partial charge in [-0.15, -0.1) is 0 Å². The number of aliphatic carboxylic acids is 3. The molecule has 1 aromatic rings. The molecule has 7 amide bonds. The summed E-state index contributed by atoms with van der Waals surface area (Å²) in [6, 6.07) is -2.89. The van der Waals surface area contributed by atoms with Crippen molar-refractivity contribution in [3.8, 4) is 0 Å². The van der Waals surface area contributed by atoms with E-state index in [9.17, 15) is 68.1 Å². The van der Waals surface area contributed by atoms with Crippen molar-refractivity contribution in [2.45, 2.75) is 129 Å². The topological polar surface area (TPSA) is 367 Å². The largest absolute Gasteiger partial charge is 0.481 e. The van der Waals surface area contributed by atoms with Crippen molar-refractivity contribution < 1.29 is 73.2 Å². The lowest BCUT2D eigenvalue weighted by Crippen LogP contribution is -2.62. The maximum Gasteiger partial charge on any atom is 0.305 e. The number of ketones is 1. The number of aliphatic hydroxyl groups excluding tert-OH is 1. The van der Waals surface area contributed by atoms with Crippen molar-refractivity contribution in [1.82, 2.24) is 31.9 Å². The Hall–Kier alpha value is -6.45. The number of carboxylic acid groups (broad SMARTS) is 3. The summed E-state index contributed by atoms with van der Waals surface area (Å²) in [6.07, 6.45) is -2.71. The van der Waals surface area contributed by atoms with Gasteiger partial charge < -0.3 is 58.1 Å². The fraction of sp³-hybridized carbons (Fsp3) is 0.564. The van der Waals surface area contributed by atoms with Crippen LogP contribution >= 0.6 is 0 Å². The van der Waals surface area contributed by atoms with E-state index in [0.29, 0.717) is 24.0 Å². The van der Waals surface area contributed by atoms with Crippen LogP contribution in [0.2, 0.25) is 0 Å². The molecule has 12 N–H and O–H groups in total. The second-order valence-electron chi connectivity index (χ2n) is 15.3. The van der Waals surface area contributed by atoms with Gasteiger partial charge in [-0.2, -0.15) is 0 Å². The first-order valence-corrected chi connectivity index (χ1v) is 19.4. The number of aliphatic hydroxyl groups is 1. The van der Waals surface area contributed by atoms with E-state index in [2.05, 4.69) is 31.9 Å². The van der Waals surface area contributed by atoms with Crippen molar-refractivity contribution in [2.75, 3.05) is 6.61 Å². The Balaban J connectivity index is 3.51. The maximum atomic E-state index is 14.1. The summed E-state index contributed by atoms with van der Waals surface area (Å²) >= 11 is 0. The number of carbonyl (C=O) groups excluding carboxylic acids is 8. The predicted octanol–water partition coefficient (Wildman–Crippen LogP) is -2.07. The third-order valence-corrected chi connectivity index (χ3v) is 9.15. The van der Waals surface area contributed by atoms with Crippen LogP contribution in [0.1, 0.15) is 90.2 Å². The van der Waals surface area contributed by atoms with Crippen LogP contribution in [-0.2, 0) is 59.2 Å². The highest BCUT2D eigenvalue weighted by Gasteiger charge is 2.38. The molecule has 0 aliphatic carbocycles. The molecule has 0 unspecified atom stereocenters. The van der Waals surface area contributed by atoms with Crippen molar-refractivity contribution in [3.63, 3.8) is 0 Å². The number of primary amides is 1. The minimum Gasteiger partial charge on any atom is -0.481 e. The van der Waals surface area contributed by atoms with Gasteiger partial charge in [-0.25, -0.2) is 0 Å². The molecule has 0 aromatic heterocycles. The number of amides is 7. The fourth-order valence-corrected chi connectivity index (χ4v) is 5.71. The minimum absolute atomic E-state index is 0.0414. The lowest BCUT2D eigenvalue weighted by molar-refractivity contribution is -0.142. The number of unbranched alkanes of at least 4 members (excludes halogenated alkanes) is 1. The van der Waals surface area contributed by atoms with Gasteiger partial charge in [-0.1, -0.05) is 64.8 Å². The first-order chi connectivity index (χ1) is 28.4. The zero-order chi connectivity index (χ0) is 46.6. The molecule has 0 saturated carbocycles. The Morgan fingerprint density at radius 2 is 1.15 bits per heavy atom. The Morgan fingerprint density at radius 1 is 0.623 bits per heavy atom. The number of hydrogen-bond donors (Lipinski definition) is 11. The van der Waals surface area contributed by atoms with Crippen LogP contribution in [-0.4, -0.2) is 128 Å². The third-order valence-electron chi connectivity index (χ3n) is 9.15. The van der Waals surface area contributed by atoms with Crippen LogP contribution in [0.15, 0.2) is 24.3 Å². The molecule has 0 radical (unpaired) electrons. The molecule has 0 spiro atoms. The first kappa shape index (κ1) is 52.6. The zero-order valence-electron chi connectivity index (χ0n) is 34.7. The van der Waals surface area contributed by atoms with Crippen LogP contribution in [0.4, 0.5) is 0 Å². The second-order valence-corrected chi connectivity index (χ2v) is 15.3. The van der Waals surface area contributed by atoms with Gasteiger partial charge in [0, 0.05) is 19.3 Å². The molecular weight excluding hydrogens is 806 g/mol. The second kappa shape index (κ2) is 25.2. The number of nitrogens with one attached hydrogen (secondary N) is 6. The van der Waals surface area contributed by atoms with E-state index in [1.807, 2.05) is 0 Å². The first-order valence-electron chi connectivity index (χ1n) is 19.4. The molecule has 0 saturated heterocycles. The van der Waals surface area contributed by atoms with E-state index in [1.165, 1.54) is 0 Å². The van der Waals surface area contributed by atoms with E-state index >= 15 is 0 Å². The van der Waals surface area contributed by atoms with Crippen molar-refractivity contribution in [1.29, 1.82) is 0 Å². The summed E-state index contributed by atoms with van der Waals surface area (Å²) in [4.78, 5) is 138. The summed E-state index contributed by atoms with van der Waals surface area (Å²) in [5.41, 5.74) is 5.22. The van der Waals surface area contributed by atoms with Gasteiger partial charge in [-0.05, 0) is 36.3 Å². The highest BCUT2D eigenvalue weighted by atomic mass is 16.4. The average Bonchev–Trinajstić information content (AvgIpc) is 3.16. The zero-order valence-corrected chi connectivity index (χ0v) is 34.7. The molecule has 22 nitrogen and oxygen atoms in total. The van der Waals surface area contributed by atoms with E-state index in [1.54, 1.807) is 58.9 Å². The van der Waals surface area contributed by atoms with Crippen molar-refractivity contribution >= 4 is 65.0 Å². The molecule has 6 atom stereocenters. The van der Waals surface area contributed by atoms with E-state index in [0.717, 1.165) is 0 Å². The van der Waals surface area contributed by atoms with Crippen LogP contribution < -0.4 is 37.6 Å². The highest BCUT2D eigenvalue weighted by Crippen LogP contribution is 2.21. The quantitative estimate of drug-likeness (QED) is 0.0424. The SMILES string of the molecule is CCCC[C@H](NC(=O)[C@H](CO)NC(=O)[C@@H](NC(=O)[C@H](Cc1ccccc1C)NC(=O)[C@H](CCC(=O)O)NC(=O)[C@H](CC(=O)O)NC(=O)CCC(=O)O)C(C)(C)C)C(=O)C(N)=O. The summed E-state index contributed by atoms with van der Waals surface area (Å²) in [5.74, 6) is -13.0. The van der Waals surface area contributed by atoms with Gasteiger partial charge in [0.25, 0.3) is 5.91 Å². The van der Waals surface area contributed by atoms with Gasteiger partial charge in [0.05, 0.1) is 25.5 Å². The third kappa shape index (κ3) is 19.0. The van der Waals surface area contributed by atoms with Crippen LogP contribution in [0.5, 0.6) is 0 Å². The van der Waals surface area contributed by atoms with Crippen LogP contribution in [0.25, 0.3) is 0 Å². The number of rotatable bonds is 27. The Bertz CT molecular complexity index is 1800. The number of hydrogen-bond acceptors (Lipinski definition) is 12. The lowest BCUT2D eigenvalue weighted by atomic mass is 9.85. The minimum atomic E-state index is -1.83. The molecule has 0 aliphatic heterocycles. The van der Waals surface area contributed by atoms with Gasteiger partial charge in [0.15, 0.2) is 0 Å². The monoisotopic (exact) mass is 863 g/mol. The summed E-state index contributed by atoms with van der Waals surface area (Å²) in [6.45, 7) is 7.21. The van der Waals surface area contributed by atoms with E-state index in [-0.39, 0.29) is 12.8 Å². The van der Waals surface area contributed by atoms with Gasteiger partial charge in [0.1, 0.15) is 30.2 Å². The molecule has 0 bridgehead atoms. The standard InChI is InChI=1S/C39H57N7O15/c1-6-7-12-22(31(55)33(40)56)42-37(60)26(19-47)45-38(61)32(39(3,4)5)46-36(59)24(17-21-11-9-8-10-20(21)2)44-34(57)23(13-15-28(49)50)43-35(58)25(18-30(53)54)41-27(48)14-16-29(51)52/h8-11,22-26,32,47H,6-7,12-19H2,1-5H3,(H2,40,56)(H,41,48)(H,42,60)(H,43,58)(H,44,57)(H,45,61)(H,46,59)(H,49,50)(H,51,52)(H,53,54)/t22-,23-,24-,25-,26-,32+/m0/s1. The summed E-state index contributed by atoms with van der Waals surface area (Å²) in [7, 11) is 0. The predicted molar refractivity (Wildman–Crippen MR) is 213 cm³/mol. The molecule has 61 heavy (non-hydrogen) atoms. The fourth-order valence-electron chi connectivity index (χ4n) is 5.71. The number of carbonyl (C=O) groups is 11. The van der Waals surface area contributed by atoms with Crippen LogP contribution in [0, 0.1) is 12.3 Å². The van der Waals surface area contributed by atoms with E-state index in [4.69, 9.17) is 10.8 Å². The number of carboxylic acids is 3. The Labute approximate surface area is 351 Å². The molecule has 0 heterocycles. The maximum absolute atomic E-state index is 14.1. The van der Waals surface area contributed by atoms with Crippen LogP contribution in [0.3, 0.4) is 0 Å². The smallest absolute Gasteiger partial charge is 0.305 e. The Kier molecular flexibility index (Phi) is 21.7. The normalized spacial score (nSPS) is 14.0. The molecule has 1 rings (SSSR count). The molecule has 0 aliphatic rings. The lowest BCUT2D eigenvalue weighted by Gasteiger charge is -2.33. The van der Waals surface area contributed by atoms with Gasteiger partial charge >= 0.3 is 17.9 Å². The van der Waals surface area contributed by atoms with Gasteiger partial charge in [0.2, 0.25) is 41.2 Å².